The molecule has 2 heterocycles. The second kappa shape index (κ2) is 8.26. The first kappa shape index (κ1) is 16.9. The minimum absolute atomic E-state index is 0.0484. The Hall–Kier alpha value is -1.92. The zero-order valence-corrected chi connectivity index (χ0v) is 14.7. The number of hydrogen-bond acceptors (Lipinski definition) is 5. The topological polar surface area (TPSA) is 63.2 Å². The highest BCUT2D eigenvalue weighted by molar-refractivity contribution is 7.13. The Morgan fingerprint density at radius 2 is 2.25 bits per heavy atom. The van der Waals surface area contributed by atoms with Gasteiger partial charge in [-0.2, -0.15) is 0 Å². The molecule has 1 saturated heterocycles. The summed E-state index contributed by atoms with van der Waals surface area (Å²) in [4.78, 5) is 16.7. The van der Waals surface area contributed by atoms with Gasteiger partial charge in [-0.05, 0) is 50.6 Å². The molecule has 0 radical (unpaired) electrons. The smallest absolute Gasteiger partial charge is 0.226 e. The average Bonchev–Trinajstić information content (AvgIpc) is 3.05. The van der Waals surface area contributed by atoms with Gasteiger partial charge in [0.25, 0.3) is 0 Å². The van der Waals surface area contributed by atoms with Gasteiger partial charge in [0.1, 0.15) is 10.8 Å². The van der Waals surface area contributed by atoms with Gasteiger partial charge in [0, 0.05) is 23.5 Å². The van der Waals surface area contributed by atoms with Crippen molar-refractivity contribution in [3.63, 3.8) is 0 Å². The van der Waals surface area contributed by atoms with E-state index in [1.165, 1.54) is 0 Å². The van der Waals surface area contributed by atoms with E-state index in [2.05, 4.69) is 15.6 Å². The fourth-order valence-corrected chi connectivity index (χ4v) is 3.63. The molecule has 1 atom stereocenters. The van der Waals surface area contributed by atoms with Crippen LogP contribution < -0.4 is 15.4 Å². The number of hydrogen-bond donors (Lipinski definition) is 2. The van der Waals surface area contributed by atoms with E-state index in [9.17, 15) is 4.79 Å². The van der Waals surface area contributed by atoms with E-state index >= 15 is 0 Å². The van der Waals surface area contributed by atoms with Crippen molar-refractivity contribution in [2.24, 2.45) is 0 Å². The molecule has 0 bridgehead atoms. The van der Waals surface area contributed by atoms with Crippen LogP contribution in [0, 0.1) is 0 Å². The standard InChI is InChI=1S/C18H23N3O2S/c1-2-23-16-7-5-13(6-8-16)18-21-15(12-24-18)10-17(22)20-14-4-3-9-19-11-14/h5-8,12,14,19H,2-4,9-11H2,1H3,(H,20,22)/t14-/m0/s1. The Labute approximate surface area is 146 Å². The number of nitrogens with one attached hydrogen (secondary N) is 2. The lowest BCUT2D eigenvalue weighted by atomic mass is 10.1. The van der Waals surface area contributed by atoms with Gasteiger partial charge in [0.2, 0.25) is 5.91 Å². The molecule has 24 heavy (non-hydrogen) atoms. The summed E-state index contributed by atoms with van der Waals surface area (Å²) < 4.78 is 5.45. The lowest BCUT2D eigenvalue weighted by Crippen LogP contribution is -2.46. The number of piperidine rings is 1. The SMILES string of the molecule is CCOc1ccc(-c2nc(CC(=O)N[C@H]3CCCNC3)cs2)cc1. The maximum atomic E-state index is 12.2. The van der Waals surface area contributed by atoms with Crippen LogP contribution in [0.15, 0.2) is 29.6 Å². The highest BCUT2D eigenvalue weighted by Crippen LogP contribution is 2.26. The van der Waals surface area contributed by atoms with E-state index in [1.807, 2.05) is 36.6 Å². The fourth-order valence-electron chi connectivity index (χ4n) is 2.80. The number of carbonyl (C=O) groups excluding carboxylic acids is 1. The number of carbonyl (C=O) groups is 1. The number of nitrogens with zero attached hydrogens (tertiary/aromatic N) is 1. The predicted molar refractivity (Wildman–Crippen MR) is 96.5 cm³/mol. The van der Waals surface area contributed by atoms with Crippen LogP contribution in [0.25, 0.3) is 10.6 Å². The summed E-state index contributed by atoms with van der Waals surface area (Å²) in [7, 11) is 0. The molecule has 1 amide bonds. The predicted octanol–water partition coefficient (Wildman–Crippen LogP) is 2.62. The van der Waals surface area contributed by atoms with E-state index in [4.69, 9.17) is 4.74 Å². The molecule has 1 aromatic heterocycles. The van der Waals surface area contributed by atoms with Crippen molar-refractivity contribution < 1.29 is 9.53 Å². The third-order valence-electron chi connectivity index (χ3n) is 3.97. The number of amides is 1. The molecule has 1 aliphatic heterocycles. The van der Waals surface area contributed by atoms with Crippen LogP contribution in [0.1, 0.15) is 25.5 Å². The number of ether oxygens (including phenoxy) is 1. The Morgan fingerprint density at radius 3 is 2.96 bits per heavy atom. The van der Waals surface area contributed by atoms with E-state index in [1.54, 1.807) is 11.3 Å². The quantitative estimate of drug-likeness (QED) is 0.845. The molecule has 0 aliphatic carbocycles. The average molecular weight is 345 g/mol. The molecule has 2 N–H and O–H groups in total. The van der Waals surface area contributed by atoms with E-state index < -0.39 is 0 Å². The molecule has 5 nitrogen and oxygen atoms in total. The van der Waals surface area contributed by atoms with Crippen molar-refractivity contribution in [3.05, 3.63) is 35.3 Å². The fraction of sp³-hybridized carbons (Fsp3) is 0.444. The highest BCUT2D eigenvalue weighted by atomic mass is 32.1. The van der Waals surface area contributed by atoms with Gasteiger partial charge >= 0.3 is 0 Å². The molecule has 0 saturated carbocycles. The Morgan fingerprint density at radius 1 is 1.42 bits per heavy atom. The molecule has 1 aromatic carbocycles. The van der Waals surface area contributed by atoms with E-state index in [-0.39, 0.29) is 11.9 Å². The normalized spacial score (nSPS) is 17.5. The Kier molecular flexibility index (Phi) is 5.82. The molecule has 2 aromatic rings. The van der Waals surface area contributed by atoms with E-state index in [0.717, 1.165) is 47.9 Å². The second-order valence-corrected chi connectivity index (χ2v) is 6.75. The van der Waals surface area contributed by atoms with Gasteiger partial charge in [-0.3, -0.25) is 4.79 Å². The third kappa shape index (κ3) is 4.55. The summed E-state index contributed by atoms with van der Waals surface area (Å²) in [5.74, 6) is 0.908. The minimum atomic E-state index is 0.0484. The van der Waals surface area contributed by atoms with Gasteiger partial charge < -0.3 is 15.4 Å². The highest BCUT2D eigenvalue weighted by Gasteiger charge is 2.16. The molecule has 0 spiro atoms. The molecule has 1 fully saturated rings. The first-order valence-electron chi connectivity index (χ1n) is 8.42. The maximum Gasteiger partial charge on any atom is 0.226 e. The summed E-state index contributed by atoms with van der Waals surface area (Å²) in [5, 5.41) is 9.28. The lowest BCUT2D eigenvalue weighted by molar-refractivity contribution is -0.121. The monoisotopic (exact) mass is 345 g/mol. The minimum Gasteiger partial charge on any atom is -0.494 e. The van der Waals surface area contributed by atoms with E-state index in [0.29, 0.717) is 13.0 Å². The maximum absolute atomic E-state index is 12.2. The van der Waals surface area contributed by atoms with Gasteiger partial charge in [-0.1, -0.05) is 0 Å². The molecule has 3 rings (SSSR count). The van der Waals surface area contributed by atoms with Crippen molar-refractivity contribution in [2.75, 3.05) is 19.7 Å². The summed E-state index contributed by atoms with van der Waals surface area (Å²) >= 11 is 1.57. The van der Waals surface area contributed by atoms with Gasteiger partial charge in [-0.15, -0.1) is 11.3 Å². The summed E-state index contributed by atoms with van der Waals surface area (Å²) in [5.41, 5.74) is 1.87. The molecule has 0 unspecified atom stereocenters. The van der Waals surface area contributed by atoms with Gasteiger partial charge in [0.05, 0.1) is 18.7 Å². The number of rotatable bonds is 6. The summed E-state index contributed by atoms with van der Waals surface area (Å²) in [6.07, 6.45) is 2.50. The summed E-state index contributed by atoms with van der Waals surface area (Å²) in [6.45, 7) is 4.53. The van der Waals surface area contributed by atoms with Crippen LogP contribution in [0.5, 0.6) is 5.75 Å². The number of aromatic nitrogens is 1. The zero-order chi connectivity index (χ0) is 16.8. The third-order valence-corrected chi connectivity index (χ3v) is 4.91. The van der Waals surface area contributed by atoms with Gasteiger partial charge in [-0.25, -0.2) is 4.98 Å². The summed E-state index contributed by atoms with van der Waals surface area (Å²) in [6, 6.07) is 8.14. The largest absolute Gasteiger partial charge is 0.494 e. The number of benzene rings is 1. The first-order chi connectivity index (χ1) is 11.7. The van der Waals surface area contributed by atoms with Crippen molar-refractivity contribution in [1.82, 2.24) is 15.6 Å². The van der Waals surface area contributed by atoms with Crippen LogP contribution in [-0.4, -0.2) is 36.6 Å². The van der Waals surface area contributed by atoms with Crippen LogP contribution in [0.4, 0.5) is 0 Å². The first-order valence-corrected chi connectivity index (χ1v) is 9.30. The van der Waals surface area contributed by atoms with Crippen molar-refractivity contribution in [2.45, 2.75) is 32.2 Å². The molecular formula is C18H23N3O2S. The molecule has 128 valence electrons. The van der Waals surface area contributed by atoms with Crippen molar-refractivity contribution >= 4 is 17.2 Å². The van der Waals surface area contributed by atoms with Crippen LogP contribution in [-0.2, 0) is 11.2 Å². The van der Waals surface area contributed by atoms with Crippen molar-refractivity contribution in [1.29, 1.82) is 0 Å². The molecular weight excluding hydrogens is 322 g/mol. The number of thiazole rings is 1. The zero-order valence-electron chi connectivity index (χ0n) is 13.9. The lowest BCUT2D eigenvalue weighted by Gasteiger charge is -2.23. The van der Waals surface area contributed by atoms with Gasteiger partial charge in [0.15, 0.2) is 0 Å². The molecule has 6 heteroatoms. The van der Waals surface area contributed by atoms with Crippen LogP contribution in [0.2, 0.25) is 0 Å². The Bertz CT molecular complexity index is 663. The van der Waals surface area contributed by atoms with Crippen LogP contribution in [0.3, 0.4) is 0 Å². The van der Waals surface area contributed by atoms with Crippen LogP contribution >= 0.6 is 11.3 Å². The molecule has 1 aliphatic rings. The Balaban J connectivity index is 1.57. The van der Waals surface area contributed by atoms with Crippen molar-refractivity contribution in [3.8, 4) is 16.3 Å². The second-order valence-electron chi connectivity index (χ2n) is 5.89.